The third-order valence-corrected chi connectivity index (χ3v) is 4.52. The van der Waals surface area contributed by atoms with Crippen molar-refractivity contribution in [3.63, 3.8) is 0 Å². The molecule has 0 aliphatic rings. The predicted molar refractivity (Wildman–Crippen MR) is 119 cm³/mol. The van der Waals surface area contributed by atoms with Crippen LogP contribution < -0.4 is 20.7 Å². The Hall–Kier alpha value is -4.13. The van der Waals surface area contributed by atoms with Crippen molar-refractivity contribution in [2.75, 3.05) is 17.7 Å². The fourth-order valence-electron chi connectivity index (χ4n) is 2.85. The molecule has 0 saturated carbocycles. The fraction of sp³-hybridized carbons (Fsp3) is 0.125. The number of ether oxygens (including phenoxy) is 1. The van der Waals surface area contributed by atoms with Crippen molar-refractivity contribution >= 4 is 29.1 Å². The van der Waals surface area contributed by atoms with Crippen LogP contribution in [0.15, 0.2) is 72.8 Å². The van der Waals surface area contributed by atoms with Gasteiger partial charge in [0.25, 0.3) is 11.8 Å². The Morgan fingerprint density at radius 1 is 0.774 bits per heavy atom. The molecule has 0 aliphatic carbocycles. The van der Waals surface area contributed by atoms with Crippen LogP contribution in [0.4, 0.5) is 11.4 Å². The molecule has 7 heteroatoms. The lowest BCUT2D eigenvalue weighted by Gasteiger charge is -2.10. The van der Waals surface area contributed by atoms with Gasteiger partial charge in [-0.25, -0.2) is 0 Å². The highest BCUT2D eigenvalue weighted by atomic mass is 16.5. The second kappa shape index (κ2) is 10.1. The zero-order valence-electron chi connectivity index (χ0n) is 17.3. The van der Waals surface area contributed by atoms with E-state index in [1.807, 2.05) is 12.1 Å². The molecular weight excluding hydrogens is 394 g/mol. The highest BCUT2D eigenvalue weighted by Crippen LogP contribution is 2.24. The van der Waals surface area contributed by atoms with Crippen LogP contribution in [0.2, 0.25) is 0 Å². The average molecular weight is 417 g/mol. The summed E-state index contributed by atoms with van der Waals surface area (Å²) in [5, 5.41) is 8.32. The number of hydrogen-bond donors (Lipinski definition) is 3. The van der Waals surface area contributed by atoms with E-state index in [0.29, 0.717) is 34.8 Å². The van der Waals surface area contributed by atoms with Gasteiger partial charge in [-0.1, -0.05) is 24.3 Å². The maximum absolute atomic E-state index is 12.5. The van der Waals surface area contributed by atoms with Crippen LogP contribution in [0.3, 0.4) is 0 Å². The Balaban J connectivity index is 1.60. The van der Waals surface area contributed by atoms with Crippen molar-refractivity contribution in [1.82, 2.24) is 5.32 Å². The van der Waals surface area contributed by atoms with E-state index in [4.69, 9.17) is 4.74 Å². The Kier molecular flexibility index (Phi) is 7.01. The van der Waals surface area contributed by atoms with Crippen molar-refractivity contribution in [2.45, 2.75) is 13.5 Å². The minimum atomic E-state index is -0.280. The summed E-state index contributed by atoms with van der Waals surface area (Å²) in [5.74, 6) is -0.0842. The lowest BCUT2D eigenvalue weighted by Crippen LogP contribution is -2.19. The van der Waals surface area contributed by atoms with Crippen LogP contribution in [0.1, 0.15) is 33.2 Å². The topological polar surface area (TPSA) is 96.5 Å². The van der Waals surface area contributed by atoms with Crippen molar-refractivity contribution in [2.24, 2.45) is 0 Å². The van der Waals surface area contributed by atoms with Crippen molar-refractivity contribution in [3.05, 3.63) is 89.5 Å². The number of carbonyl (C=O) groups excluding carboxylic acids is 3. The number of amides is 3. The largest absolute Gasteiger partial charge is 0.495 e. The first-order valence-corrected chi connectivity index (χ1v) is 9.65. The van der Waals surface area contributed by atoms with Crippen LogP contribution in [0.5, 0.6) is 5.75 Å². The molecule has 0 radical (unpaired) electrons. The number of rotatable bonds is 7. The Morgan fingerprint density at radius 2 is 1.35 bits per heavy atom. The van der Waals surface area contributed by atoms with Crippen LogP contribution >= 0.6 is 0 Å². The Labute approximate surface area is 180 Å². The third kappa shape index (κ3) is 5.93. The highest BCUT2D eigenvalue weighted by molar-refractivity contribution is 6.06. The smallest absolute Gasteiger partial charge is 0.255 e. The second-order valence-corrected chi connectivity index (χ2v) is 6.79. The van der Waals surface area contributed by atoms with Crippen LogP contribution in [0.25, 0.3) is 0 Å². The SMILES string of the molecule is COc1ccccc1NC(=O)c1ccc(NC(=O)c2ccc(CNC(C)=O)cc2)cc1. The van der Waals surface area contributed by atoms with Gasteiger partial charge in [0, 0.05) is 30.3 Å². The molecule has 0 aliphatic heterocycles. The van der Waals surface area contributed by atoms with Gasteiger partial charge in [0.15, 0.2) is 0 Å². The summed E-state index contributed by atoms with van der Waals surface area (Å²) >= 11 is 0. The van der Waals surface area contributed by atoms with Gasteiger partial charge in [-0.15, -0.1) is 0 Å². The molecule has 7 nitrogen and oxygen atoms in total. The molecule has 31 heavy (non-hydrogen) atoms. The molecule has 0 bridgehead atoms. The molecule has 3 N–H and O–H groups in total. The molecule has 0 saturated heterocycles. The summed E-state index contributed by atoms with van der Waals surface area (Å²) in [6.45, 7) is 1.87. The highest BCUT2D eigenvalue weighted by Gasteiger charge is 2.11. The molecule has 0 spiro atoms. The summed E-state index contributed by atoms with van der Waals surface area (Å²) in [7, 11) is 1.54. The van der Waals surface area contributed by atoms with Crippen LogP contribution in [-0.2, 0) is 11.3 Å². The summed E-state index contributed by atoms with van der Waals surface area (Å²) in [4.78, 5) is 35.9. The number of benzene rings is 3. The minimum absolute atomic E-state index is 0.109. The van der Waals surface area contributed by atoms with Gasteiger partial charge >= 0.3 is 0 Å². The van der Waals surface area contributed by atoms with E-state index < -0.39 is 0 Å². The molecule has 3 rings (SSSR count). The summed E-state index contributed by atoms with van der Waals surface area (Å²) < 4.78 is 5.24. The predicted octanol–water partition coefficient (Wildman–Crippen LogP) is 3.84. The molecular formula is C24H23N3O4. The van der Waals surface area contributed by atoms with Crippen molar-refractivity contribution in [3.8, 4) is 5.75 Å². The molecule has 0 unspecified atom stereocenters. The molecule has 0 aromatic heterocycles. The average Bonchev–Trinajstić information content (AvgIpc) is 2.78. The summed E-state index contributed by atoms with van der Waals surface area (Å²) in [6.07, 6.45) is 0. The van der Waals surface area contributed by atoms with Gasteiger partial charge in [0.2, 0.25) is 5.91 Å². The van der Waals surface area contributed by atoms with Crippen LogP contribution in [0, 0.1) is 0 Å². The first kappa shape index (κ1) is 21.6. The van der Waals surface area contributed by atoms with Crippen LogP contribution in [-0.4, -0.2) is 24.8 Å². The van der Waals surface area contributed by atoms with Gasteiger partial charge in [-0.2, -0.15) is 0 Å². The maximum atomic E-state index is 12.5. The summed E-state index contributed by atoms with van der Waals surface area (Å²) in [6, 6.07) is 20.7. The standard InChI is InChI=1S/C24H23N3O4/c1-16(28)25-15-17-7-9-18(10-8-17)23(29)26-20-13-11-19(12-14-20)24(30)27-21-5-3-4-6-22(21)31-2/h3-14H,15H2,1-2H3,(H,25,28)(H,26,29)(H,27,30). The quantitative estimate of drug-likeness (QED) is 0.544. The van der Waals surface area contributed by atoms with E-state index in [2.05, 4.69) is 16.0 Å². The molecule has 0 heterocycles. The normalized spacial score (nSPS) is 10.1. The lowest BCUT2D eigenvalue weighted by molar-refractivity contribution is -0.119. The second-order valence-electron chi connectivity index (χ2n) is 6.79. The first-order chi connectivity index (χ1) is 15.0. The number of nitrogens with one attached hydrogen (secondary N) is 3. The number of hydrogen-bond acceptors (Lipinski definition) is 4. The van der Waals surface area contributed by atoms with Gasteiger partial charge in [-0.05, 0) is 54.1 Å². The lowest BCUT2D eigenvalue weighted by atomic mass is 10.1. The zero-order chi connectivity index (χ0) is 22.2. The van der Waals surface area contributed by atoms with E-state index in [1.54, 1.807) is 67.8 Å². The van der Waals surface area contributed by atoms with E-state index in [-0.39, 0.29) is 17.7 Å². The number of carbonyl (C=O) groups is 3. The molecule has 3 aromatic rings. The van der Waals surface area contributed by atoms with Gasteiger partial charge in [0.05, 0.1) is 12.8 Å². The summed E-state index contributed by atoms with van der Waals surface area (Å²) in [5.41, 5.74) is 2.99. The minimum Gasteiger partial charge on any atom is -0.495 e. The molecule has 3 aromatic carbocycles. The molecule has 0 fully saturated rings. The molecule has 0 atom stereocenters. The third-order valence-electron chi connectivity index (χ3n) is 4.52. The molecule has 158 valence electrons. The van der Waals surface area contributed by atoms with Gasteiger partial charge < -0.3 is 20.7 Å². The Bertz CT molecular complexity index is 1080. The monoisotopic (exact) mass is 417 g/mol. The van der Waals surface area contributed by atoms with Gasteiger partial charge in [-0.3, -0.25) is 14.4 Å². The first-order valence-electron chi connectivity index (χ1n) is 9.65. The van der Waals surface area contributed by atoms with E-state index in [1.165, 1.54) is 6.92 Å². The number of anilines is 2. The van der Waals surface area contributed by atoms with Gasteiger partial charge in [0.1, 0.15) is 5.75 Å². The van der Waals surface area contributed by atoms with Crippen molar-refractivity contribution < 1.29 is 19.1 Å². The number of methoxy groups -OCH3 is 1. The van der Waals surface area contributed by atoms with E-state index in [9.17, 15) is 14.4 Å². The zero-order valence-corrected chi connectivity index (χ0v) is 17.3. The van der Waals surface area contributed by atoms with Crippen molar-refractivity contribution in [1.29, 1.82) is 0 Å². The Morgan fingerprint density at radius 3 is 1.97 bits per heavy atom. The maximum Gasteiger partial charge on any atom is 0.255 e. The fourth-order valence-corrected chi connectivity index (χ4v) is 2.85. The van der Waals surface area contributed by atoms with E-state index >= 15 is 0 Å². The van der Waals surface area contributed by atoms with E-state index in [0.717, 1.165) is 5.56 Å². The number of para-hydroxylation sites is 2. The molecule has 3 amide bonds.